The monoisotopic (exact) mass is 385 g/mol. The molecule has 1 aromatic heterocycles. The number of amides is 1. The Kier molecular flexibility index (Phi) is 4.77. The molecule has 3 aromatic rings. The number of benzene rings is 2. The number of carbonyl (C=O) groups is 1. The molecule has 0 saturated carbocycles. The van der Waals surface area contributed by atoms with Crippen LogP contribution in [0.25, 0.3) is 11.1 Å². The van der Waals surface area contributed by atoms with Crippen LogP contribution < -0.4 is 14.8 Å². The summed E-state index contributed by atoms with van der Waals surface area (Å²) in [6.07, 6.45) is 0.732. The number of hydrogen-bond donors (Lipinski definition) is 1. The summed E-state index contributed by atoms with van der Waals surface area (Å²) in [6, 6.07) is 9.74. The van der Waals surface area contributed by atoms with Crippen molar-refractivity contribution in [2.24, 2.45) is 0 Å². The van der Waals surface area contributed by atoms with Gasteiger partial charge in [-0.25, -0.2) is 4.39 Å². The van der Waals surface area contributed by atoms with Crippen molar-refractivity contribution in [2.75, 3.05) is 32.6 Å². The molecule has 1 amide bonds. The van der Waals surface area contributed by atoms with E-state index >= 15 is 0 Å². The second-order valence-electron chi connectivity index (χ2n) is 6.55. The highest BCUT2D eigenvalue weighted by Gasteiger charge is 2.31. The third-order valence-corrected chi connectivity index (χ3v) is 4.80. The third-order valence-electron chi connectivity index (χ3n) is 4.80. The van der Waals surface area contributed by atoms with E-state index in [0.717, 1.165) is 6.42 Å². The lowest BCUT2D eigenvalue weighted by Crippen LogP contribution is -2.32. The number of methoxy groups -OCH3 is 2. The Hall–Kier alpha value is -3.29. The summed E-state index contributed by atoms with van der Waals surface area (Å²) >= 11 is 0. The third kappa shape index (κ3) is 3.33. The van der Waals surface area contributed by atoms with Gasteiger partial charge in [0.15, 0.2) is 5.58 Å². The summed E-state index contributed by atoms with van der Waals surface area (Å²) in [7, 11) is 3.05. The molecule has 0 unspecified atom stereocenters. The van der Waals surface area contributed by atoms with E-state index in [1.165, 1.54) is 26.4 Å². The molecule has 1 atom stereocenters. The second kappa shape index (κ2) is 7.38. The Morgan fingerprint density at radius 1 is 1.25 bits per heavy atom. The zero-order valence-electron chi connectivity index (χ0n) is 15.6. The maximum atomic E-state index is 13.3. The number of halogens is 1. The number of ether oxygens (including phenoxy) is 2. The number of likely N-dealkylation sites (tertiary alicyclic amines) is 1. The molecule has 2 heterocycles. The van der Waals surface area contributed by atoms with Gasteiger partial charge >= 0.3 is 0 Å². The number of hydrogen-bond acceptors (Lipinski definition) is 6. The smallest absolute Gasteiger partial charge is 0.295 e. The van der Waals surface area contributed by atoms with Crippen LogP contribution in [0.15, 0.2) is 40.8 Å². The molecular weight excluding hydrogens is 365 g/mol. The summed E-state index contributed by atoms with van der Waals surface area (Å²) in [5.74, 6) is 0.417. The fraction of sp³-hybridized carbons (Fsp3) is 0.300. The van der Waals surface area contributed by atoms with E-state index in [9.17, 15) is 9.18 Å². The predicted molar refractivity (Wildman–Crippen MR) is 101 cm³/mol. The molecule has 7 nitrogen and oxygen atoms in total. The number of oxazole rings is 1. The summed E-state index contributed by atoms with van der Waals surface area (Å²) in [5.41, 5.74) is 1.37. The molecule has 1 fully saturated rings. The highest BCUT2D eigenvalue weighted by Crippen LogP contribution is 2.31. The van der Waals surface area contributed by atoms with Crippen LogP contribution in [0.4, 0.5) is 10.4 Å². The molecular formula is C20H20FN3O4. The SMILES string of the molecule is COc1cccc(OC)c1C(=O)N1CC[C@@H](Nc2nc3ccc(F)cc3o2)C1. The van der Waals surface area contributed by atoms with Gasteiger partial charge in [-0.3, -0.25) is 4.79 Å². The topological polar surface area (TPSA) is 76.8 Å². The number of rotatable bonds is 5. The minimum absolute atomic E-state index is 0.0254. The Balaban J connectivity index is 1.48. The van der Waals surface area contributed by atoms with Gasteiger partial charge in [0.1, 0.15) is 28.4 Å². The first-order chi connectivity index (χ1) is 13.6. The molecule has 146 valence electrons. The quantitative estimate of drug-likeness (QED) is 0.726. The lowest BCUT2D eigenvalue weighted by Gasteiger charge is -2.20. The molecule has 0 bridgehead atoms. The maximum Gasteiger partial charge on any atom is 0.295 e. The minimum atomic E-state index is -0.376. The van der Waals surface area contributed by atoms with E-state index in [0.29, 0.717) is 47.3 Å². The lowest BCUT2D eigenvalue weighted by atomic mass is 10.1. The Morgan fingerprint density at radius 3 is 2.71 bits per heavy atom. The number of carbonyl (C=O) groups excluding carboxylic acids is 1. The van der Waals surface area contributed by atoms with Crippen molar-refractivity contribution in [3.05, 3.63) is 47.8 Å². The minimum Gasteiger partial charge on any atom is -0.496 e. The highest BCUT2D eigenvalue weighted by atomic mass is 19.1. The van der Waals surface area contributed by atoms with Gasteiger partial charge in [0.25, 0.3) is 11.9 Å². The second-order valence-corrected chi connectivity index (χ2v) is 6.55. The number of nitrogens with one attached hydrogen (secondary N) is 1. The van der Waals surface area contributed by atoms with Crippen LogP contribution >= 0.6 is 0 Å². The largest absolute Gasteiger partial charge is 0.496 e. The summed E-state index contributed by atoms with van der Waals surface area (Å²) in [4.78, 5) is 19.1. The van der Waals surface area contributed by atoms with E-state index in [2.05, 4.69) is 10.3 Å². The van der Waals surface area contributed by atoms with Crippen molar-refractivity contribution in [1.82, 2.24) is 9.88 Å². The maximum absolute atomic E-state index is 13.3. The average molecular weight is 385 g/mol. The first kappa shape index (κ1) is 18.1. The van der Waals surface area contributed by atoms with Crippen molar-refractivity contribution >= 4 is 23.0 Å². The Bertz CT molecular complexity index is 998. The summed E-state index contributed by atoms with van der Waals surface area (Å²) < 4.78 is 29.5. The molecule has 2 aromatic carbocycles. The number of nitrogens with zero attached hydrogens (tertiary/aromatic N) is 2. The van der Waals surface area contributed by atoms with Crippen molar-refractivity contribution in [2.45, 2.75) is 12.5 Å². The molecule has 0 spiro atoms. The molecule has 1 aliphatic rings. The number of fused-ring (bicyclic) bond motifs is 1. The van der Waals surface area contributed by atoms with Crippen LogP contribution in [0.5, 0.6) is 11.5 Å². The molecule has 1 N–H and O–H groups in total. The highest BCUT2D eigenvalue weighted by molar-refractivity contribution is 6.00. The molecule has 4 rings (SSSR count). The molecule has 8 heteroatoms. The van der Waals surface area contributed by atoms with E-state index in [1.54, 1.807) is 29.2 Å². The van der Waals surface area contributed by atoms with Gasteiger partial charge < -0.3 is 24.1 Å². The first-order valence-corrected chi connectivity index (χ1v) is 8.92. The summed E-state index contributed by atoms with van der Waals surface area (Å²) in [5, 5.41) is 3.19. The van der Waals surface area contributed by atoms with Crippen LogP contribution in [-0.2, 0) is 0 Å². The van der Waals surface area contributed by atoms with Crippen LogP contribution in [0, 0.1) is 5.82 Å². The van der Waals surface area contributed by atoms with E-state index in [4.69, 9.17) is 13.9 Å². The standard InChI is InChI=1S/C20H20FN3O4/c1-26-15-4-3-5-16(27-2)18(15)19(25)24-9-8-13(11-24)22-20-23-14-7-6-12(21)10-17(14)28-20/h3-7,10,13H,8-9,11H2,1-2H3,(H,22,23)/t13-/m1/s1. The van der Waals surface area contributed by atoms with Crippen molar-refractivity contribution < 1.29 is 23.1 Å². The molecule has 1 aliphatic heterocycles. The van der Waals surface area contributed by atoms with Crippen LogP contribution in [-0.4, -0.2) is 49.1 Å². The van der Waals surface area contributed by atoms with E-state index < -0.39 is 0 Å². The van der Waals surface area contributed by atoms with E-state index in [-0.39, 0.29) is 17.8 Å². The van der Waals surface area contributed by atoms with Gasteiger partial charge in [0.2, 0.25) is 0 Å². The Labute approximate surface area is 161 Å². The fourth-order valence-corrected chi connectivity index (χ4v) is 3.42. The fourth-order valence-electron chi connectivity index (χ4n) is 3.42. The number of anilines is 1. The summed E-state index contributed by atoms with van der Waals surface area (Å²) in [6.45, 7) is 1.06. The zero-order chi connectivity index (χ0) is 19.7. The lowest BCUT2D eigenvalue weighted by molar-refractivity contribution is 0.0784. The normalized spacial score (nSPS) is 16.4. The van der Waals surface area contributed by atoms with Crippen molar-refractivity contribution in [3.8, 4) is 11.5 Å². The number of aromatic nitrogens is 1. The van der Waals surface area contributed by atoms with Gasteiger partial charge in [-0.15, -0.1) is 0 Å². The van der Waals surface area contributed by atoms with Crippen molar-refractivity contribution in [3.63, 3.8) is 0 Å². The van der Waals surface area contributed by atoms with Gasteiger partial charge in [-0.05, 0) is 30.7 Å². The Morgan fingerprint density at radius 2 is 2.00 bits per heavy atom. The molecule has 0 radical (unpaired) electrons. The van der Waals surface area contributed by atoms with Crippen LogP contribution in [0.2, 0.25) is 0 Å². The van der Waals surface area contributed by atoms with Gasteiger partial charge in [0.05, 0.1) is 14.2 Å². The predicted octanol–water partition coefficient (Wildman–Crippen LogP) is 3.31. The van der Waals surface area contributed by atoms with Crippen LogP contribution in [0.1, 0.15) is 16.8 Å². The van der Waals surface area contributed by atoms with E-state index in [1.807, 2.05) is 0 Å². The van der Waals surface area contributed by atoms with Gasteiger partial charge in [-0.1, -0.05) is 6.07 Å². The van der Waals surface area contributed by atoms with Gasteiger partial charge in [-0.2, -0.15) is 4.98 Å². The molecule has 0 aliphatic carbocycles. The van der Waals surface area contributed by atoms with Gasteiger partial charge in [0, 0.05) is 25.2 Å². The van der Waals surface area contributed by atoms with Crippen LogP contribution in [0.3, 0.4) is 0 Å². The molecule has 28 heavy (non-hydrogen) atoms. The first-order valence-electron chi connectivity index (χ1n) is 8.92. The average Bonchev–Trinajstić information content (AvgIpc) is 3.33. The van der Waals surface area contributed by atoms with Crippen molar-refractivity contribution in [1.29, 1.82) is 0 Å². The zero-order valence-corrected chi connectivity index (χ0v) is 15.6. The molecule has 1 saturated heterocycles.